The second-order valence-electron chi connectivity index (χ2n) is 6.04. The first-order valence-electron chi connectivity index (χ1n) is 8.35. The van der Waals surface area contributed by atoms with Gasteiger partial charge in [0.2, 0.25) is 5.89 Å². The van der Waals surface area contributed by atoms with Crippen molar-refractivity contribution in [2.75, 3.05) is 6.54 Å². The molecule has 1 amide bonds. The van der Waals surface area contributed by atoms with Crippen LogP contribution in [0.2, 0.25) is 0 Å². The summed E-state index contributed by atoms with van der Waals surface area (Å²) in [6.07, 6.45) is 1.39. The molecule has 3 aromatic rings. The highest BCUT2D eigenvalue weighted by molar-refractivity contribution is 9.10. The molecule has 8 heteroatoms. The molecule has 2 heterocycles. The van der Waals surface area contributed by atoms with Crippen molar-refractivity contribution in [1.82, 2.24) is 25.2 Å². The molecule has 26 heavy (non-hydrogen) atoms. The van der Waals surface area contributed by atoms with Gasteiger partial charge in [0.1, 0.15) is 0 Å². The number of rotatable bonds is 6. The lowest BCUT2D eigenvalue weighted by atomic mass is 10.2. The number of nitrogens with zero attached hydrogens (tertiary/aromatic N) is 4. The molecule has 1 aromatic carbocycles. The number of nitrogens with one attached hydrogen (secondary N) is 1. The zero-order valence-electron chi connectivity index (χ0n) is 14.9. The fourth-order valence-corrected chi connectivity index (χ4v) is 2.86. The fourth-order valence-electron chi connectivity index (χ4n) is 2.61. The van der Waals surface area contributed by atoms with Crippen molar-refractivity contribution in [3.8, 4) is 5.69 Å². The van der Waals surface area contributed by atoms with Crippen molar-refractivity contribution >= 4 is 21.8 Å². The molecule has 0 aliphatic carbocycles. The Balaban J connectivity index is 1.56. The third-order valence-electron chi connectivity index (χ3n) is 4.00. The van der Waals surface area contributed by atoms with Gasteiger partial charge in [-0.2, -0.15) is 10.1 Å². The van der Waals surface area contributed by atoms with Crippen LogP contribution in [-0.2, 0) is 6.42 Å². The summed E-state index contributed by atoms with van der Waals surface area (Å²) in [5, 5.41) is 11.1. The molecule has 1 N–H and O–H groups in total. The molecule has 0 unspecified atom stereocenters. The molecule has 0 atom stereocenters. The predicted molar refractivity (Wildman–Crippen MR) is 100 cm³/mol. The van der Waals surface area contributed by atoms with Gasteiger partial charge in [0, 0.05) is 18.5 Å². The van der Waals surface area contributed by atoms with Crippen LogP contribution in [0, 0.1) is 20.8 Å². The van der Waals surface area contributed by atoms with Gasteiger partial charge in [-0.25, -0.2) is 4.68 Å². The summed E-state index contributed by atoms with van der Waals surface area (Å²) >= 11 is 3.53. The number of halogens is 1. The topological polar surface area (TPSA) is 85.8 Å². The van der Waals surface area contributed by atoms with Crippen LogP contribution in [0.4, 0.5) is 0 Å². The molecule has 0 saturated heterocycles. The Bertz CT molecular complexity index is 914. The minimum Gasteiger partial charge on any atom is -0.352 e. The molecular formula is C18H20BrN5O2. The Labute approximate surface area is 159 Å². The molecule has 0 aliphatic heterocycles. The van der Waals surface area contributed by atoms with E-state index in [1.165, 1.54) is 0 Å². The normalized spacial score (nSPS) is 10.9. The van der Waals surface area contributed by atoms with Crippen molar-refractivity contribution in [1.29, 1.82) is 0 Å². The first-order chi connectivity index (χ1) is 12.5. The first kappa shape index (κ1) is 18.3. The number of hydrogen-bond donors (Lipinski definition) is 1. The van der Waals surface area contributed by atoms with Gasteiger partial charge >= 0.3 is 0 Å². The standard InChI is InChI=1S/C18H20BrN5O2/c1-11-17(19)12(2)24(22-11)15-8-6-14(7-9-15)18(25)20-10-4-5-16-21-13(3)23-26-16/h6-9H,4-5,10H2,1-3H3,(H,20,25). The zero-order chi connectivity index (χ0) is 18.7. The van der Waals surface area contributed by atoms with E-state index in [-0.39, 0.29) is 5.91 Å². The smallest absolute Gasteiger partial charge is 0.251 e. The Morgan fingerprint density at radius 3 is 2.54 bits per heavy atom. The van der Waals surface area contributed by atoms with Crippen LogP contribution in [0.5, 0.6) is 0 Å². The molecular weight excluding hydrogens is 398 g/mol. The maximum atomic E-state index is 12.2. The summed E-state index contributed by atoms with van der Waals surface area (Å²) in [4.78, 5) is 16.4. The highest BCUT2D eigenvalue weighted by atomic mass is 79.9. The van der Waals surface area contributed by atoms with Crippen LogP contribution in [0.1, 0.15) is 39.9 Å². The van der Waals surface area contributed by atoms with E-state index >= 15 is 0 Å². The summed E-state index contributed by atoms with van der Waals surface area (Å²) in [5.74, 6) is 1.11. The average Bonchev–Trinajstić information content (AvgIpc) is 3.17. The number of hydrogen-bond acceptors (Lipinski definition) is 5. The molecule has 136 valence electrons. The van der Waals surface area contributed by atoms with E-state index in [0.29, 0.717) is 30.2 Å². The van der Waals surface area contributed by atoms with Crippen molar-refractivity contribution in [2.24, 2.45) is 0 Å². The molecule has 0 fully saturated rings. The maximum absolute atomic E-state index is 12.2. The largest absolute Gasteiger partial charge is 0.352 e. The third kappa shape index (κ3) is 4.01. The van der Waals surface area contributed by atoms with E-state index in [1.54, 1.807) is 19.1 Å². The third-order valence-corrected chi connectivity index (χ3v) is 5.15. The number of aryl methyl sites for hydroxylation is 3. The summed E-state index contributed by atoms with van der Waals surface area (Å²) in [5.41, 5.74) is 3.49. The Hall–Kier alpha value is -2.48. The number of benzene rings is 1. The average molecular weight is 418 g/mol. The van der Waals surface area contributed by atoms with E-state index in [4.69, 9.17) is 4.52 Å². The summed E-state index contributed by atoms with van der Waals surface area (Å²) < 4.78 is 7.90. The van der Waals surface area contributed by atoms with Crippen molar-refractivity contribution in [3.05, 3.63) is 57.4 Å². The Morgan fingerprint density at radius 1 is 1.23 bits per heavy atom. The lowest BCUT2D eigenvalue weighted by Gasteiger charge is -2.07. The monoisotopic (exact) mass is 417 g/mol. The van der Waals surface area contributed by atoms with Crippen molar-refractivity contribution < 1.29 is 9.32 Å². The number of carbonyl (C=O) groups excluding carboxylic acids is 1. The van der Waals surface area contributed by atoms with Gasteiger partial charge in [-0.15, -0.1) is 0 Å². The molecule has 0 bridgehead atoms. The number of carbonyl (C=O) groups is 1. The first-order valence-corrected chi connectivity index (χ1v) is 9.14. The molecule has 0 spiro atoms. The highest BCUT2D eigenvalue weighted by Gasteiger charge is 2.11. The quantitative estimate of drug-likeness (QED) is 0.621. The van der Waals surface area contributed by atoms with E-state index in [2.05, 4.69) is 36.5 Å². The fraction of sp³-hybridized carbons (Fsp3) is 0.333. The lowest BCUT2D eigenvalue weighted by molar-refractivity contribution is 0.0953. The Morgan fingerprint density at radius 2 is 1.96 bits per heavy atom. The van der Waals surface area contributed by atoms with Crippen LogP contribution in [0.3, 0.4) is 0 Å². The lowest BCUT2D eigenvalue weighted by Crippen LogP contribution is -2.24. The van der Waals surface area contributed by atoms with Gasteiger partial charge in [0.05, 0.1) is 21.5 Å². The minimum absolute atomic E-state index is 0.104. The van der Waals surface area contributed by atoms with Crippen LogP contribution < -0.4 is 5.32 Å². The van der Waals surface area contributed by atoms with Crippen molar-refractivity contribution in [3.63, 3.8) is 0 Å². The second-order valence-corrected chi connectivity index (χ2v) is 6.83. The number of amides is 1. The van der Waals surface area contributed by atoms with Crippen LogP contribution in [0.15, 0.2) is 33.3 Å². The summed E-state index contributed by atoms with van der Waals surface area (Å²) in [6, 6.07) is 7.39. The van der Waals surface area contributed by atoms with Gasteiger partial charge in [-0.1, -0.05) is 5.16 Å². The number of aromatic nitrogens is 4. The van der Waals surface area contributed by atoms with Gasteiger partial charge in [0.25, 0.3) is 5.91 Å². The molecule has 7 nitrogen and oxygen atoms in total. The summed E-state index contributed by atoms with van der Waals surface area (Å²) in [6.45, 7) is 6.27. The predicted octanol–water partition coefficient (Wildman–Crippen LogP) is 3.31. The van der Waals surface area contributed by atoms with Gasteiger partial charge in [-0.05, 0) is 67.4 Å². The Kier molecular flexibility index (Phi) is 5.51. The van der Waals surface area contributed by atoms with E-state index in [1.807, 2.05) is 30.7 Å². The maximum Gasteiger partial charge on any atom is 0.251 e. The van der Waals surface area contributed by atoms with Crippen LogP contribution >= 0.6 is 15.9 Å². The van der Waals surface area contributed by atoms with E-state index < -0.39 is 0 Å². The molecule has 0 radical (unpaired) electrons. The minimum atomic E-state index is -0.104. The molecule has 0 aliphatic rings. The molecule has 3 rings (SSSR count). The highest BCUT2D eigenvalue weighted by Crippen LogP contribution is 2.23. The second kappa shape index (κ2) is 7.82. The van der Waals surface area contributed by atoms with Crippen LogP contribution in [-0.4, -0.2) is 32.4 Å². The molecule has 0 saturated carbocycles. The van der Waals surface area contributed by atoms with Crippen LogP contribution in [0.25, 0.3) is 5.69 Å². The van der Waals surface area contributed by atoms with Gasteiger partial charge in [-0.3, -0.25) is 4.79 Å². The zero-order valence-corrected chi connectivity index (χ0v) is 16.5. The SMILES string of the molecule is Cc1noc(CCCNC(=O)c2ccc(-n3nc(C)c(Br)c3C)cc2)n1. The van der Waals surface area contributed by atoms with E-state index in [0.717, 1.165) is 28.0 Å². The molecule has 2 aromatic heterocycles. The van der Waals surface area contributed by atoms with Crippen molar-refractivity contribution in [2.45, 2.75) is 33.6 Å². The van der Waals surface area contributed by atoms with Gasteiger partial charge < -0.3 is 9.84 Å². The summed E-state index contributed by atoms with van der Waals surface area (Å²) in [7, 11) is 0. The van der Waals surface area contributed by atoms with Gasteiger partial charge in [0.15, 0.2) is 5.82 Å². The van der Waals surface area contributed by atoms with E-state index in [9.17, 15) is 4.79 Å².